The van der Waals surface area contributed by atoms with Gasteiger partial charge in [0.2, 0.25) is 0 Å². The molecular weight excluding hydrogens is 320 g/mol. The summed E-state index contributed by atoms with van der Waals surface area (Å²) in [7, 11) is 1.74. The molecule has 1 saturated heterocycles. The van der Waals surface area contributed by atoms with Gasteiger partial charge in [-0.1, -0.05) is 11.6 Å². The maximum Gasteiger partial charge on any atom is 0.276 e. The molecule has 4 heterocycles. The minimum Gasteiger partial charge on any atom is -0.445 e. The maximum atomic E-state index is 12.6. The van der Waals surface area contributed by atoms with Crippen molar-refractivity contribution in [2.24, 2.45) is 7.05 Å². The van der Waals surface area contributed by atoms with Crippen LogP contribution in [0.1, 0.15) is 40.2 Å². The van der Waals surface area contributed by atoms with Gasteiger partial charge in [-0.15, -0.1) is 0 Å². The SMILES string of the molecule is Cn1cc(Cl)c(C(=O)N2CCc3oc(C4CCOC4)nc3C2)n1. The van der Waals surface area contributed by atoms with Gasteiger partial charge in [-0.25, -0.2) is 4.98 Å². The van der Waals surface area contributed by atoms with E-state index in [-0.39, 0.29) is 17.5 Å². The molecule has 1 atom stereocenters. The van der Waals surface area contributed by atoms with E-state index in [1.807, 2.05) is 0 Å². The van der Waals surface area contributed by atoms with Crippen LogP contribution < -0.4 is 0 Å². The molecule has 0 bridgehead atoms. The minimum absolute atomic E-state index is 0.171. The van der Waals surface area contributed by atoms with E-state index in [9.17, 15) is 4.79 Å². The first kappa shape index (κ1) is 14.7. The van der Waals surface area contributed by atoms with E-state index in [0.717, 1.165) is 30.4 Å². The van der Waals surface area contributed by atoms with Crippen LogP contribution in [0.15, 0.2) is 10.6 Å². The van der Waals surface area contributed by atoms with E-state index < -0.39 is 0 Å². The van der Waals surface area contributed by atoms with E-state index in [2.05, 4.69) is 10.1 Å². The lowest BCUT2D eigenvalue weighted by Gasteiger charge is -2.24. The van der Waals surface area contributed by atoms with E-state index >= 15 is 0 Å². The van der Waals surface area contributed by atoms with Crippen LogP contribution in [-0.2, 0) is 24.8 Å². The lowest BCUT2D eigenvalue weighted by molar-refractivity contribution is 0.0721. The van der Waals surface area contributed by atoms with Gasteiger partial charge in [0.05, 0.1) is 24.1 Å². The second kappa shape index (κ2) is 5.65. The van der Waals surface area contributed by atoms with Crippen LogP contribution in [-0.4, -0.2) is 45.3 Å². The third kappa shape index (κ3) is 2.64. The number of aryl methyl sites for hydroxylation is 1. The fraction of sp³-hybridized carbons (Fsp3) is 0.533. The second-order valence-corrected chi connectivity index (χ2v) is 6.37. The average molecular weight is 337 g/mol. The van der Waals surface area contributed by atoms with Gasteiger partial charge in [0, 0.05) is 32.8 Å². The molecule has 0 aromatic carbocycles. The quantitative estimate of drug-likeness (QED) is 0.835. The van der Waals surface area contributed by atoms with Gasteiger partial charge < -0.3 is 14.1 Å². The first-order valence-electron chi connectivity index (χ1n) is 7.66. The van der Waals surface area contributed by atoms with Crippen molar-refractivity contribution in [1.82, 2.24) is 19.7 Å². The Labute approximate surface area is 138 Å². The zero-order chi connectivity index (χ0) is 16.0. The summed E-state index contributed by atoms with van der Waals surface area (Å²) in [5, 5.41) is 4.51. The standard InChI is InChI=1S/C15H17ClN4O3/c1-19-6-10(16)13(18-19)15(21)20-4-2-12-11(7-20)17-14(23-12)9-3-5-22-8-9/h6,9H,2-5,7-8H2,1H3. The largest absolute Gasteiger partial charge is 0.445 e. The van der Waals surface area contributed by atoms with Crippen molar-refractivity contribution < 1.29 is 13.9 Å². The summed E-state index contributed by atoms with van der Waals surface area (Å²) in [5.41, 5.74) is 1.11. The molecule has 0 radical (unpaired) electrons. The smallest absolute Gasteiger partial charge is 0.276 e. The summed E-state index contributed by atoms with van der Waals surface area (Å²) in [6.45, 7) is 2.42. The number of fused-ring (bicyclic) bond motifs is 1. The van der Waals surface area contributed by atoms with E-state index in [0.29, 0.717) is 31.1 Å². The van der Waals surface area contributed by atoms with Crippen molar-refractivity contribution in [1.29, 1.82) is 0 Å². The maximum absolute atomic E-state index is 12.6. The molecule has 2 aliphatic heterocycles. The molecule has 1 fully saturated rings. The van der Waals surface area contributed by atoms with Crippen molar-refractivity contribution >= 4 is 17.5 Å². The highest BCUT2D eigenvalue weighted by Gasteiger charge is 2.31. The van der Waals surface area contributed by atoms with Crippen LogP contribution >= 0.6 is 11.6 Å². The molecule has 1 amide bonds. The van der Waals surface area contributed by atoms with Crippen LogP contribution in [0.3, 0.4) is 0 Å². The predicted octanol–water partition coefficient (Wildman–Crippen LogP) is 1.76. The number of hydrogen-bond acceptors (Lipinski definition) is 5. The lowest BCUT2D eigenvalue weighted by Crippen LogP contribution is -2.36. The second-order valence-electron chi connectivity index (χ2n) is 5.96. The van der Waals surface area contributed by atoms with Gasteiger partial charge in [0.15, 0.2) is 11.6 Å². The third-order valence-corrected chi connectivity index (χ3v) is 4.57. The fourth-order valence-electron chi connectivity index (χ4n) is 3.05. The Bertz CT molecular complexity index is 748. The average Bonchev–Trinajstić information content (AvgIpc) is 3.24. The number of rotatable bonds is 2. The zero-order valence-electron chi connectivity index (χ0n) is 12.8. The normalized spacial score (nSPS) is 20.8. The summed E-state index contributed by atoms with van der Waals surface area (Å²) in [6.07, 6.45) is 3.22. The Kier molecular flexibility index (Phi) is 3.61. The molecule has 2 aromatic heterocycles. The molecule has 8 heteroatoms. The summed E-state index contributed by atoms with van der Waals surface area (Å²) >= 11 is 6.07. The number of amides is 1. The topological polar surface area (TPSA) is 73.4 Å². The Morgan fingerprint density at radius 3 is 3.04 bits per heavy atom. The molecule has 0 N–H and O–H groups in total. The first-order chi connectivity index (χ1) is 11.1. The molecule has 1 unspecified atom stereocenters. The van der Waals surface area contributed by atoms with Gasteiger partial charge in [-0.2, -0.15) is 5.10 Å². The van der Waals surface area contributed by atoms with Crippen molar-refractivity contribution in [3.8, 4) is 0 Å². The Hall–Kier alpha value is -1.86. The van der Waals surface area contributed by atoms with Crippen molar-refractivity contribution in [3.63, 3.8) is 0 Å². The van der Waals surface area contributed by atoms with Crippen LogP contribution in [0.5, 0.6) is 0 Å². The molecule has 0 aliphatic carbocycles. The highest BCUT2D eigenvalue weighted by atomic mass is 35.5. The number of aromatic nitrogens is 3. The number of carbonyl (C=O) groups is 1. The van der Waals surface area contributed by atoms with E-state index in [4.69, 9.17) is 20.8 Å². The van der Waals surface area contributed by atoms with E-state index in [1.54, 1.807) is 22.8 Å². The molecule has 2 aliphatic rings. The first-order valence-corrected chi connectivity index (χ1v) is 8.04. The molecule has 0 spiro atoms. The van der Waals surface area contributed by atoms with E-state index in [1.165, 1.54) is 0 Å². The Morgan fingerprint density at radius 1 is 1.48 bits per heavy atom. The number of oxazole rings is 1. The number of carbonyl (C=O) groups excluding carboxylic acids is 1. The van der Waals surface area contributed by atoms with Gasteiger partial charge in [0.1, 0.15) is 11.5 Å². The number of nitrogens with zero attached hydrogens (tertiary/aromatic N) is 4. The summed E-state index contributed by atoms with van der Waals surface area (Å²) in [4.78, 5) is 18.9. The highest BCUT2D eigenvalue weighted by Crippen LogP contribution is 2.29. The predicted molar refractivity (Wildman–Crippen MR) is 81.3 cm³/mol. The van der Waals surface area contributed by atoms with Gasteiger partial charge in [-0.3, -0.25) is 9.48 Å². The fourth-order valence-corrected chi connectivity index (χ4v) is 3.31. The molecule has 7 nitrogen and oxygen atoms in total. The van der Waals surface area contributed by atoms with Gasteiger partial charge >= 0.3 is 0 Å². The van der Waals surface area contributed by atoms with Crippen LogP contribution in [0.2, 0.25) is 5.02 Å². The molecule has 0 saturated carbocycles. The molecule has 4 rings (SSSR count). The third-order valence-electron chi connectivity index (χ3n) is 4.30. The molecular formula is C15H17ClN4O3. The van der Waals surface area contributed by atoms with Crippen LogP contribution in [0.25, 0.3) is 0 Å². The summed E-state index contributed by atoms with van der Waals surface area (Å²) in [5.74, 6) is 1.67. The summed E-state index contributed by atoms with van der Waals surface area (Å²) < 4.78 is 12.8. The molecule has 2 aromatic rings. The monoisotopic (exact) mass is 336 g/mol. The highest BCUT2D eigenvalue weighted by molar-refractivity contribution is 6.33. The van der Waals surface area contributed by atoms with Crippen molar-refractivity contribution in [2.75, 3.05) is 19.8 Å². The number of ether oxygens (including phenoxy) is 1. The Balaban J connectivity index is 1.54. The zero-order valence-corrected chi connectivity index (χ0v) is 13.5. The molecule has 122 valence electrons. The number of hydrogen-bond donors (Lipinski definition) is 0. The Morgan fingerprint density at radius 2 is 2.35 bits per heavy atom. The lowest BCUT2D eigenvalue weighted by atomic mass is 10.1. The van der Waals surface area contributed by atoms with Gasteiger partial charge in [0.25, 0.3) is 5.91 Å². The number of halogens is 1. The van der Waals surface area contributed by atoms with Gasteiger partial charge in [-0.05, 0) is 6.42 Å². The van der Waals surface area contributed by atoms with Crippen LogP contribution in [0, 0.1) is 0 Å². The summed E-state index contributed by atoms with van der Waals surface area (Å²) in [6, 6.07) is 0. The minimum atomic E-state index is -0.171. The van der Waals surface area contributed by atoms with Crippen molar-refractivity contribution in [2.45, 2.75) is 25.3 Å². The van der Waals surface area contributed by atoms with Crippen LogP contribution in [0.4, 0.5) is 0 Å². The molecule has 23 heavy (non-hydrogen) atoms. The van der Waals surface area contributed by atoms with Crippen molar-refractivity contribution in [3.05, 3.63) is 34.3 Å².